The van der Waals surface area contributed by atoms with E-state index >= 15 is 0 Å². The molecule has 2 aliphatic heterocycles. The Balaban J connectivity index is 0.000000679. The number of hydrogen-bond donors (Lipinski definition) is 4. The van der Waals surface area contributed by atoms with Gasteiger partial charge in [0.2, 0.25) is 0 Å². The fourth-order valence-electron chi connectivity index (χ4n) is 6.90. The zero-order valence-electron chi connectivity index (χ0n) is 29.6. The number of pyridine rings is 1. The van der Waals surface area contributed by atoms with Crippen LogP contribution in [0.3, 0.4) is 0 Å². The molecule has 1 aliphatic carbocycles. The Morgan fingerprint density at radius 1 is 1.02 bits per heavy atom. The summed E-state index contributed by atoms with van der Waals surface area (Å²) >= 11 is 1.31. The van der Waals surface area contributed by atoms with E-state index in [0.29, 0.717) is 49.0 Å². The molecule has 1 aromatic carbocycles. The molecule has 12 nitrogen and oxygen atoms in total. The minimum Gasteiger partial charge on any atom is -0.481 e. The van der Waals surface area contributed by atoms with Crippen LogP contribution in [0.2, 0.25) is 0 Å². The van der Waals surface area contributed by atoms with Crippen molar-refractivity contribution in [3.63, 3.8) is 0 Å². The van der Waals surface area contributed by atoms with Crippen molar-refractivity contribution in [3.05, 3.63) is 57.7 Å². The lowest BCUT2D eigenvalue weighted by Crippen LogP contribution is -2.57. The summed E-state index contributed by atoms with van der Waals surface area (Å²) in [7, 11) is 2.02. The topological polar surface area (TPSA) is 165 Å². The van der Waals surface area contributed by atoms with Crippen molar-refractivity contribution in [1.29, 1.82) is 0 Å². The Bertz CT molecular complexity index is 1800. The van der Waals surface area contributed by atoms with Crippen LogP contribution in [0.15, 0.2) is 30.3 Å². The van der Waals surface area contributed by atoms with E-state index in [1.165, 1.54) is 16.9 Å². The van der Waals surface area contributed by atoms with Crippen molar-refractivity contribution in [3.8, 4) is 0 Å². The summed E-state index contributed by atoms with van der Waals surface area (Å²) in [5, 5.41) is 23.2. The maximum Gasteiger partial charge on any atom is 0.490 e. The molecule has 52 heavy (non-hydrogen) atoms. The van der Waals surface area contributed by atoms with E-state index in [1.807, 2.05) is 25.2 Å². The molecule has 4 heterocycles. The van der Waals surface area contributed by atoms with Crippen molar-refractivity contribution in [2.75, 3.05) is 39.8 Å². The quantitative estimate of drug-likeness (QED) is 0.240. The fourth-order valence-corrected chi connectivity index (χ4v) is 7.74. The van der Waals surface area contributed by atoms with Crippen LogP contribution < -0.4 is 10.6 Å². The number of fused-ring (bicyclic) bond motifs is 2. The van der Waals surface area contributed by atoms with Crippen molar-refractivity contribution in [2.24, 2.45) is 17.3 Å². The summed E-state index contributed by atoms with van der Waals surface area (Å²) in [4.78, 5) is 61.9. The number of carboxylic acids is 2. The zero-order chi connectivity index (χ0) is 38.0. The Morgan fingerprint density at radius 2 is 1.73 bits per heavy atom. The Hall–Kier alpha value is -4.15. The number of nitrogens with zero attached hydrogens (tertiary/aromatic N) is 4. The van der Waals surface area contributed by atoms with Crippen LogP contribution in [-0.2, 0) is 22.4 Å². The molecule has 4 N–H and O–H groups in total. The third-order valence-electron chi connectivity index (χ3n) is 10.0. The number of carbonyl (C=O) groups excluding carboxylic acids is 2. The first-order chi connectivity index (χ1) is 24.4. The molecule has 2 fully saturated rings. The smallest absolute Gasteiger partial charge is 0.481 e. The number of amides is 2. The summed E-state index contributed by atoms with van der Waals surface area (Å²) in [6.45, 7) is 10.4. The molecule has 0 unspecified atom stereocenters. The minimum absolute atomic E-state index is 0.126. The standard InChI is InChI=1S/C34H44N6O4S.C2HF3O2/c1-34(2,3)24-8-9-26-23(15-24)16-28-31(37-26)45-32(38-28)30(42)36-27(11-13-40-12-10-22(17-40)33(43)44)20-6-5-7-21(14-20)29(41)35-25-18-39(4)19-25;3-2(4,5)1(6)7/h5-7,14,16,22,24-25,27H,8-13,15,17-19H2,1-4H3,(H,35,41)(H,36,42)(H,43,44);(H,6,7)/t22-,24+,27-;/m1./s1. The number of benzene rings is 1. The number of likely N-dealkylation sites (tertiary alicyclic amines) is 2. The molecule has 282 valence electrons. The molecule has 0 bridgehead atoms. The monoisotopic (exact) mass is 746 g/mol. The van der Waals surface area contributed by atoms with Gasteiger partial charge in [0, 0.05) is 37.4 Å². The molecule has 3 atom stereocenters. The highest BCUT2D eigenvalue weighted by atomic mass is 32.1. The van der Waals surface area contributed by atoms with Gasteiger partial charge in [-0.3, -0.25) is 14.4 Å². The molecule has 3 aromatic rings. The molecule has 6 rings (SSSR count). The van der Waals surface area contributed by atoms with Crippen molar-refractivity contribution >= 4 is 45.4 Å². The van der Waals surface area contributed by atoms with Gasteiger partial charge in [0.1, 0.15) is 10.3 Å². The van der Waals surface area contributed by atoms with Gasteiger partial charge in [-0.1, -0.05) is 44.2 Å². The number of aromatic nitrogens is 2. The van der Waals surface area contributed by atoms with Crippen molar-refractivity contribution < 1.29 is 42.6 Å². The lowest BCUT2D eigenvalue weighted by Gasteiger charge is -2.36. The third kappa shape index (κ3) is 9.83. The third-order valence-corrected chi connectivity index (χ3v) is 11.0. The molecule has 0 saturated carbocycles. The summed E-state index contributed by atoms with van der Waals surface area (Å²) in [6.07, 6.45) is -0.861. The summed E-state index contributed by atoms with van der Waals surface area (Å²) < 4.78 is 31.7. The highest BCUT2D eigenvalue weighted by molar-refractivity contribution is 7.19. The van der Waals surface area contributed by atoms with E-state index in [2.05, 4.69) is 47.3 Å². The minimum atomic E-state index is -5.08. The Labute approximate surface area is 303 Å². The highest BCUT2D eigenvalue weighted by Crippen LogP contribution is 2.38. The first kappa shape index (κ1) is 39.1. The number of likely N-dealkylation sites (N-methyl/N-ethyl adjacent to an activating group) is 1. The largest absolute Gasteiger partial charge is 0.490 e. The summed E-state index contributed by atoms with van der Waals surface area (Å²) in [5.74, 6) is -3.70. The fraction of sp³-hybridized carbons (Fsp3) is 0.556. The van der Waals surface area contributed by atoms with Gasteiger partial charge in [0.15, 0.2) is 5.01 Å². The second-order valence-corrected chi connectivity index (χ2v) is 16.0. The molecule has 0 spiro atoms. The van der Waals surface area contributed by atoms with Crippen LogP contribution in [0.25, 0.3) is 10.3 Å². The number of carbonyl (C=O) groups is 4. The highest BCUT2D eigenvalue weighted by Gasteiger charge is 2.38. The number of carboxylic acid groups (broad SMARTS) is 2. The van der Waals surface area contributed by atoms with Crippen LogP contribution in [0.5, 0.6) is 0 Å². The van der Waals surface area contributed by atoms with Gasteiger partial charge in [-0.15, -0.1) is 0 Å². The molecular weight excluding hydrogens is 701 g/mol. The Kier molecular flexibility index (Phi) is 11.9. The van der Waals surface area contributed by atoms with Crippen molar-refractivity contribution in [2.45, 2.75) is 71.1 Å². The maximum absolute atomic E-state index is 13.7. The second-order valence-electron chi connectivity index (χ2n) is 15.0. The number of thiazole rings is 1. The summed E-state index contributed by atoms with van der Waals surface area (Å²) in [5.41, 5.74) is 4.72. The van der Waals surface area contributed by atoms with Crippen molar-refractivity contribution in [1.82, 2.24) is 30.4 Å². The normalized spacial score (nSPS) is 20.3. The number of aryl methyl sites for hydroxylation is 1. The van der Waals surface area contributed by atoms with Gasteiger partial charge >= 0.3 is 18.1 Å². The van der Waals surface area contributed by atoms with E-state index in [1.54, 1.807) is 6.07 Å². The number of nitrogens with one attached hydrogen (secondary N) is 2. The SMILES string of the molecule is CN1CC(NC(=O)c2cccc([C@@H](CCN3CC[C@@H](C(=O)O)C3)NC(=O)c3nc4cc5c(nc4s3)CC[C@H](C(C)(C)C)C5)c2)C1.O=C(O)C(F)(F)F. The number of alkyl halides is 3. The molecule has 16 heteroatoms. The number of rotatable bonds is 9. The van der Waals surface area contributed by atoms with Gasteiger partial charge in [0.25, 0.3) is 11.8 Å². The molecule has 2 saturated heterocycles. The van der Waals surface area contributed by atoms with Crippen LogP contribution in [0, 0.1) is 17.3 Å². The first-order valence-corrected chi connectivity index (χ1v) is 18.1. The van der Waals surface area contributed by atoms with E-state index in [-0.39, 0.29) is 35.2 Å². The van der Waals surface area contributed by atoms with Gasteiger partial charge in [-0.2, -0.15) is 13.2 Å². The molecule has 0 radical (unpaired) electrons. The predicted octanol–water partition coefficient (Wildman–Crippen LogP) is 4.79. The number of aliphatic carboxylic acids is 2. The van der Waals surface area contributed by atoms with Crippen LogP contribution in [0.4, 0.5) is 13.2 Å². The van der Waals surface area contributed by atoms with E-state index < -0.39 is 18.1 Å². The van der Waals surface area contributed by atoms with E-state index in [0.717, 1.165) is 54.0 Å². The van der Waals surface area contributed by atoms with Gasteiger partial charge in [-0.05, 0) is 86.4 Å². The number of halogens is 3. The molecule has 2 aromatic heterocycles. The van der Waals surface area contributed by atoms with Gasteiger partial charge < -0.3 is 30.6 Å². The molecular formula is C36H45F3N6O6S. The Morgan fingerprint density at radius 3 is 2.35 bits per heavy atom. The van der Waals surface area contributed by atoms with E-state index in [9.17, 15) is 32.7 Å². The zero-order valence-corrected chi connectivity index (χ0v) is 30.4. The molecule has 3 aliphatic rings. The van der Waals surface area contributed by atoms with Gasteiger partial charge in [-0.25, -0.2) is 14.8 Å². The predicted molar refractivity (Wildman–Crippen MR) is 188 cm³/mol. The number of hydrogen-bond acceptors (Lipinski definition) is 9. The second kappa shape index (κ2) is 15.8. The van der Waals surface area contributed by atoms with Crippen LogP contribution >= 0.6 is 11.3 Å². The average molecular weight is 747 g/mol. The van der Waals surface area contributed by atoms with Crippen LogP contribution in [0.1, 0.15) is 83.1 Å². The van der Waals surface area contributed by atoms with Gasteiger partial charge in [0.05, 0.1) is 18.0 Å². The lowest BCUT2D eigenvalue weighted by atomic mass is 9.71. The average Bonchev–Trinajstić information content (AvgIpc) is 3.71. The molecule has 2 amide bonds. The van der Waals surface area contributed by atoms with E-state index in [4.69, 9.17) is 19.9 Å². The summed E-state index contributed by atoms with van der Waals surface area (Å²) in [6, 6.07) is 9.30. The van der Waals surface area contributed by atoms with Crippen LogP contribution in [-0.4, -0.2) is 106 Å². The lowest BCUT2D eigenvalue weighted by molar-refractivity contribution is -0.192. The first-order valence-electron chi connectivity index (χ1n) is 17.3. The maximum atomic E-state index is 13.7.